The first-order valence-corrected chi connectivity index (χ1v) is 6.11. The average molecular weight is 354 g/mol. The lowest BCUT2D eigenvalue weighted by Gasteiger charge is -2.13. The fourth-order valence-electron chi connectivity index (χ4n) is 1.60. The molecule has 7 heteroatoms. The van der Waals surface area contributed by atoms with Gasteiger partial charge in [0.15, 0.2) is 12.0 Å². The molecule has 1 heterocycles. The molecule has 0 aliphatic carbocycles. The van der Waals surface area contributed by atoms with Gasteiger partial charge in [0, 0.05) is 10.0 Å². The summed E-state index contributed by atoms with van der Waals surface area (Å²) in [6, 6.07) is 4.79. The summed E-state index contributed by atoms with van der Waals surface area (Å²) in [5, 5.41) is -0.117. The highest BCUT2D eigenvalue weighted by Gasteiger charge is 2.36. The first-order valence-electron chi connectivity index (χ1n) is 4.94. The quantitative estimate of drug-likeness (QED) is 0.695. The second-order valence-corrected chi connectivity index (χ2v) is 4.95. The molecule has 0 fully saturated rings. The van der Waals surface area contributed by atoms with Crippen LogP contribution in [0.3, 0.4) is 0 Å². The molecule has 2 nitrogen and oxygen atoms in total. The van der Waals surface area contributed by atoms with Gasteiger partial charge in [-0.3, -0.25) is 4.79 Å². The van der Waals surface area contributed by atoms with Crippen LogP contribution in [0.5, 0.6) is 0 Å². The Morgan fingerprint density at radius 3 is 2.47 bits per heavy atom. The zero-order valence-electron chi connectivity index (χ0n) is 9.09. The van der Waals surface area contributed by atoms with Crippen LogP contribution in [-0.4, -0.2) is 6.29 Å². The maximum atomic E-state index is 13.0. The zero-order chi connectivity index (χ0) is 14.2. The van der Waals surface area contributed by atoms with E-state index in [1.807, 2.05) is 0 Å². The predicted molar refractivity (Wildman–Crippen MR) is 67.2 cm³/mol. The van der Waals surface area contributed by atoms with E-state index in [2.05, 4.69) is 15.9 Å². The number of benzene rings is 1. The van der Waals surface area contributed by atoms with Gasteiger partial charge in [-0.05, 0) is 24.3 Å². The molecule has 0 N–H and O–H groups in total. The summed E-state index contributed by atoms with van der Waals surface area (Å²) in [4.78, 5) is 10.5. The maximum absolute atomic E-state index is 13.0. The number of rotatable bonds is 2. The number of aldehydes is 1. The third-order valence-electron chi connectivity index (χ3n) is 2.35. The standard InChI is InChI=1S/C12H5BrClF3O2/c13-6-3-8(12(15,16)17)11(9(14)4-6)10-2-1-7(5-18)19-10/h1-5H. The van der Waals surface area contributed by atoms with Gasteiger partial charge in [-0.2, -0.15) is 13.2 Å². The van der Waals surface area contributed by atoms with Crippen molar-refractivity contribution in [2.45, 2.75) is 6.18 Å². The van der Waals surface area contributed by atoms with Crippen LogP contribution in [0.1, 0.15) is 16.1 Å². The Morgan fingerprint density at radius 2 is 1.95 bits per heavy atom. The number of alkyl halides is 3. The molecule has 0 aliphatic heterocycles. The van der Waals surface area contributed by atoms with Crippen molar-refractivity contribution in [1.29, 1.82) is 0 Å². The molecule has 0 amide bonds. The maximum Gasteiger partial charge on any atom is 0.417 e. The smallest absolute Gasteiger partial charge is 0.417 e. The van der Waals surface area contributed by atoms with Gasteiger partial charge in [-0.15, -0.1) is 0 Å². The number of furan rings is 1. The van der Waals surface area contributed by atoms with Crippen LogP contribution in [0, 0.1) is 0 Å². The summed E-state index contributed by atoms with van der Waals surface area (Å²) < 4.78 is 44.2. The molecule has 0 radical (unpaired) electrons. The number of hydrogen-bond acceptors (Lipinski definition) is 2. The molecule has 0 bridgehead atoms. The number of carbonyl (C=O) groups is 1. The van der Waals surface area contributed by atoms with Crippen LogP contribution in [0.15, 0.2) is 33.2 Å². The summed E-state index contributed by atoms with van der Waals surface area (Å²) in [5.41, 5.74) is -1.22. The lowest BCUT2D eigenvalue weighted by molar-refractivity contribution is -0.137. The molecular weight excluding hydrogens is 348 g/mol. The van der Waals surface area contributed by atoms with Crippen LogP contribution < -0.4 is 0 Å². The fraction of sp³-hybridized carbons (Fsp3) is 0.0833. The Labute approximate surface area is 119 Å². The van der Waals surface area contributed by atoms with E-state index in [9.17, 15) is 18.0 Å². The van der Waals surface area contributed by atoms with Gasteiger partial charge in [0.25, 0.3) is 0 Å². The van der Waals surface area contributed by atoms with Crippen molar-refractivity contribution in [3.63, 3.8) is 0 Å². The molecule has 0 saturated heterocycles. The van der Waals surface area contributed by atoms with Crippen LogP contribution in [0.2, 0.25) is 5.02 Å². The van der Waals surface area contributed by atoms with E-state index < -0.39 is 11.7 Å². The van der Waals surface area contributed by atoms with Crippen LogP contribution in [-0.2, 0) is 6.18 Å². The van der Waals surface area contributed by atoms with E-state index in [-0.39, 0.29) is 26.6 Å². The summed E-state index contributed by atoms with van der Waals surface area (Å²) >= 11 is 8.81. The highest BCUT2D eigenvalue weighted by molar-refractivity contribution is 9.10. The third kappa shape index (κ3) is 2.84. The summed E-state index contributed by atoms with van der Waals surface area (Å²) in [5.74, 6) is -0.172. The first kappa shape index (κ1) is 14.1. The Kier molecular flexibility index (Phi) is 3.73. The monoisotopic (exact) mass is 352 g/mol. The Bertz CT molecular complexity index is 634. The highest BCUT2D eigenvalue weighted by atomic mass is 79.9. The summed E-state index contributed by atoms with van der Waals surface area (Å²) in [6.45, 7) is 0. The summed E-state index contributed by atoms with van der Waals surface area (Å²) in [7, 11) is 0. The van der Waals surface area contributed by atoms with E-state index in [4.69, 9.17) is 16.0 Å². The molecule has 19 heavy (non-hydrogen) atoms. The SMILES string of the molecule is O=Cc1ccc(-c2c(Cl)cc(Br)cc2C(F)(F)F)o1. The van der Waals surface area contributed by atoms with Crippen molar-refractivity contribution in [1.82, 2.24) is 0 Å². The molecule has 1 aromatic carbocycles. The van der Waals surface area contributed by atoms with Gasteiger partial charge >= 0.3 is 6.18 Å². The van der Waals surface area contributed by atoms with Gasteiger partial charge in [0.2, 0.25) is 0 Å². The number of carbonyl (C=O) groups excluding carboxylic acids is 1. The fourth-order valence-corrected chi connectivity index (χ4v) is 2.50. The number of halogens is 5. The molecule has 0 atom stereocenters. The average Bonchev–Trinajstić information content (AvgIpc) is 2.75. The van der Waals surface area contributed by atoms with Crippen LogP contribution in [0.4, 0.5) is 13.2 Å². The third-order valence-corrected chi connectivity index (χ3v) is 3.11. The van der Waals surface area contributed by atoms with E-state index in [0.29, 0.717) is 6.29 Å². The minimum atomic E-state index is -4.59. The molecule has 0 spiro atoms. The molecule has 0 aliphatic rings. The Balaban J connectivity index is 2.71. The van der Waals surface area contributed by atoms with Gasteiger partial charge in [-0.1, -0.05) is 27.5 Å². The van der Waals surface area contributed by atoms with Gasteiger partial charge < -0.3 is 4.42 Å². The molecule has 2 aromatic rings. The second kappa shape index (κ2) is 5.02. The molecule has 0 saturated carbocycles. The van der Waals surface area contributed by atoms with Gasteiger partial charge in [0.05, 0.1) is 10.6 Å². The topological polar surface area (TPSA) is 30.2 Å². The summed E-state index contributed by atoms with van der Waals surface area (Å²) in [6.07, 6.45) is -4.18. The predicted octanol–water partition coefficient (Wildman–Crippen LogP) is 5.19. The van der Waals surface area contributed by atoms with E-state index >= 15 is 0 Å². The Morgan fingerprint density at radius 1 is 1.26 bits per heavy atom. The minimum Gasteiger partial charge on any atom is -0.453 e. The van der Waals surface area contributed by atoms with E-state index in [1.54, 1.807) is 0 Å². The van der Waals surface area contributed by atoms with Crippen molar-refractivity contribution in [2.75, 3.05) is 0 Å². The first-order chi connectivity index (χ1) is 8.82. The lowest BCUT2D eigenvalue weighted by Crippen LogP contribution is -2.07. The normalized spacial score (nSPS) is 11.6. The zero-order valence-corrected chi connectivity index (χ0v) is 11.4. The van der Waals surface area contributed by atoms with Crippen molar-refractivity contribution in [3.05, 3.63) is 45.1 Å². The minimum absolute atomic E-state index is 0.0675. The second-order valence-electron chi connectivity index (χ2n) is 3.63. The van der Waals surface area contributed by atoms with Crippen molar-refractivity contribution in [3.8, 4) is 11.3 Å². The molecule has 0 unspecified atom stereocenters. The van der Waals surface area contributed by atoms with Crippen molar-refractivity contribution < 1.29 is 22.4 Å². The lowest BCUT2D eigenvalue weighted by atomic mass is 10.0. The van der Waals surface area contributed by atoms with E-state index in [1.165, 1.54) is 18.2 Å². The van der Waals surface area contributed by atoms with Gasteiger partial charge in [0.1, 0.15) is 5.76 Å². The molecule has 2 rings (SSSR count). The number of hydrogen-bond donors (Lipinski definition) is 0. The van der Waals surface area contributed by atoms with Crippen molar-refractivity contribution >= 4 is 33.8 Å². The van der Waals surface area contributed by atoms with Crippen LogP contribution in [0.25, 0.3) is 11.3 Å². The molecule has 1 aromatic heterocycles. The van der Waals surface area contributed by atoms with E-state index in [0.717, 1.165) is 6.07 Å². The highest BCUT2D eigenvalue weighted by Crippen LogP contribution is 2.43. The van der Waals surface area contributed by atoms with Crippen molar-refractivity contribution in [2.24, 2.45) is 0 Å². The molecular formula is C12H5BrClF3O2. The van der Waals surface area contributed by atoms with Crippen LogP contribution >= 0.6 is 27.5 Å². The largest absolute Gasteiger partial charge is 0.453 e. The Hall–Kier alpha value is -1.27. The van der Waals surface area contributed by atoms with Gasteiger partial charge in [-0.25, -0.2) is 0 Å². The molecule has 100 valence electrons.